The zero-order valence-electron chi connectivity index (χ0n) is 49.6. The van der Waals surface area contributed by atoms with Crippen molar-refractivity contribution in [1.29, 1.82) is 0 Å². The molecule has 8 aromatic carbocycles. The van der Waals surface area contributed by atoms with Crippen LogP contribution in [0.1, 0.15) is 96.7 Å². The molecule has 0 fully saturated rings. The number of pyridine rings is 1. The van der Waals surface area contributed by atoms with E-state index in [0.29, 0.717) is 38.9 Å². The number of hydrogen-bond acceptors (Lipinski definition) is 4. The van der Waals surface area contributed by atoms with Crippen molar-refractivity contribution in [3.63, 3.8) is 0 Å². The number of fused-ring (bicyclic) bond motifs is 9. The molecule has 4 aromatic heterocycles. The third-order valence-electron chi connectivity index (χ3n) is 13.9. The number of imidazole rings is 1. The molecule has 5 nitrogen and oxygen atoms in total. The van der Waals surface area contributed by atoms with Crippen molar-refractivity contribution in [2.45, 2.75) is 92.6 Å². The van der Waals surface area contributed by atoms with Gasteiger partial charge < -0.3 is 18.4 Å². The third-order valence-corrected chi connectivity index (χ3v) is 15.9. The Morgan fingerprint density at radius 3 is 2.01 bits per heavy atom. The van der Waals surface area contributed by atoms with Crippen LogP contribution in [0.2, 0.25) is 19.6 Å². The van der Waals surface area contributed by atoms with Crippen molar-refractivity contribution >= 4 is 78.9 Å². The molecular weight excluding hydrogens is 1090 g/mol. The number of aryl methyl sites for hydroxylation is 2. The molecule has 0 saturated carbocycles. The fourth-order valence-corrected chi connectivity index (χ4v) is 11.8. The predicted octanol–water partition coefficient (Wildman–Crippen LogP) is 18.2. The Balaban J connectivity index is 0.000000243. The SMILES string of the molecule is [2H]C([2H])([2H])c1c[c-]c(-c2cc(C([2H])(C)C)c([Si](C)(C)C)cn2)cc1.[2H]C([2H])([2H])c1c[c-]c(-c2nc3ccc4ccccc4c3n2-c2c(C(C)C)cc(-c3ccccc3)cc2C(C)C)c2oc3cc4c(cc3c12)oc1ccccc14.[Ir]. The quantitative estimate of drug-likeness (QED) is 0.112. The van der Waals surface area contributed by atoms with Gasteiger partial charge in [0, 0.05) is 63.1 Å². The summed E-state index contributed by atoms with van der Waals surface area (Å²) in [7, 11) is -1.61. The van der Waals surface area contributed by atoms with Crippen LogP contribution in [0.5, 0.6) is 0 Å². The van der Waals surface area contributed by atoms with Crippen LogP contribution in [0.25, 0.3) is 105 Å². The molecule has 0 N–H and O–H groups in total. The molecule has 4 heterocycles. The van der Waals surface area contributed by atoms with Crippen LogP contribution in [0.4, 0.5) is 0 Å². The van der Waals surface area contributed by atoms with Gasteiger partial charge in [0.05, 0.1) is 30.5 Å². The van der Waals surface area contributed by atoms with E-state index in [9.17, 15) is 0 Å². The van der Waals surface area contributed by atoms with E-state index in [-0.39, 0.29) is 43.1 Å². The van der Waals surface area contributed by atoms with Gasteiger partial charge in [0.1, 0.15) is 16.7 Å². The number of hydrogen-bond donors (Lipinski definition) is 0. The molecule has 0 unspecified atom stereocenters. The van der Waals surface area contributed by atoms with Crippen molar-refractivity contribution in [3.05, 3.63) is 192 Å². The number of benzene rings is 8. The van der Waals surface area contributed by atoms with E-state index < -0.39 is 27.7 Å². The second kappa shape index (κ2) is 19.5. The van der Waals surface area contributed by atoms with E-state index in [1.54, 1.807) is 18.2 Å². The zero-order valence-corrected chi connectivity index (χ0v) is 46.0. The molecule has 12 aromatic rings. The Labute approximate surface area is 453 Å². The maximum atomic E-state index is 8.62. The summed E-state index contributed by atoms with van der Waals surface area (Å²) in [5.74, 6) is 0.244. The number of furan rings is 2. The van der Waals surface area contributed by atoms with Crippen molar-refractivity contribution < 1.29 is 38.5 Å². The van der Waals surface area contributed by atoms with E-state index in [4.69, 9.17) is 23.4 Å². The van der Waals surface area contributed by atoms with Gasteiger partial charge in [-0.15, -0.1) is 53.1 Å². The monoisotopic (exact) mass is 1160 g/mol. The second-order valence-electron chi connectivity index (χ2n) is 20.8. The van der Waals surface area contributed by atoms with Crippen LogP contribution in [0.15, 0.2) is 161 Å². The summed E-state index contributed by atoms with van der Waals surface area (Å²) >= 11 is 0. The molecule has 0 atom stereocenters. The fourth-order valence-electron chi connectivity index (χ4n) is 10.2. The molecule has 0 bridgehead atoms. The Bertz CT molecular complexity index is 4290. The van der Waals surface area contributed by atoms with E-state index in [0.717, 1.165) is 71.8 Å². The molecule has 0 aliphatic carbocycles. The van der Waals surface area contributed by atoms with Gasteiger partial charge in [-0.2, -0.15) is 0 Å². The summed E-state index contributed by atoms with van der Waals surface area (Å²) in [4.78, 5) is 9.96. The van der Waals surface area contributed by atoms with Gasteiger partial charge in [0.2, 0.25) is 0 Å². The molecule has 0 aliphatic heterocycles. The van der Waals surface area contributed by atoms with Gasteiger partial charge in [-0.05, 0) is 92.6 Å². The largest absolute Gasteiger partial charge is 0.501 e. The van der Waals surface area contributed by atoms with E-state index in [1.165, 1.54) is 22.4 Å². The average molecular weight is 1160 g/mol. The van der Waals surface area contributed by atoms with Gasteiger partial charge >= 0.3 is 0 Å². The van der Waals surface area contributed by atoms with Crippen LogP contribution >= 0.6 is 0 Å². The summed E-state index contributed by atoms with van der Waals surface area (Å²) in [5, 5.41) is 6.43. The molecular formula is C66H61IrN3O2Si-2. The van der Waals surface area contributed by atoms with Crippen molar-refractivity contribution in [3.8, 4) is 39.5 Å². The Hall–Kier alpha value is -6.89. The molecule has 73 heavy (non-hydrogen) atoms. The first-order chi connectivity index (χ1) is 37.4. The van der Waals surface area contributed by atoms with Crippen LogP contribution in [-0.2, 0) is 20.1 Å². The maximum Gasteiger partial charge on any atom is 0.136 e. The molecule has 0 aliphatic rings. The van der Waals surface area contributed by atoms with Gasteiger partial charge in [0.25, 0.3) is 0 Å². The van der Waals surface area contributed by atoms with Crippen LogP contribution in [-0.4, -0.2) is 22.6 Å². The second-order valence-corrected chi connectivity index (χ2v) is 25.8. The van der Waals surface area contributed by atoms with Crippen LogP contribution < -0.4 is 5.19 Å². The Morgan fingerprint density at radius 2 is 1.33 bits per heavy atom. The zero-order chi connectivity index (χ0) is 56.1. The standard InChI is InChI=1S/C48H37N2O2.C18H24NSi.Ir/c1-27(2)36-23-32(30-13-7-6-8-14-30)24-37(28(3)4)45(36)50-46-33-16-10-9-15-31(33)20-22-40(46)49-48(50)35-21-19-29(5)44-39-26-42-38(25-43(39)52-47(35)44)34-17-11-12-18-41(34)51-42;1-13(2)16-11-17(15-9-7-14(3)8-10-15)19-12-18(16)20(4,5)6;/h6-20,22-28H,1-5H3;7-9,11-13H,1-6H3;/q2*-1;/i5D3;3D3,13D;. The minimum atomic E-state index is -2.42. The summed E-state index contributed by atoms with van der Waals surface area (Å²) in [6.07, 6.45) is 1.89. The first-order valence-corrected chi connectivity index (χ1v) is 28.3. The summed E-state index contributed by atoms with van der Waals surface area (Å²) in [6, 6.07) is 54.4. The minimum Gasteiger partial charge on any atom is -0.501 e. The van der Waals surface area contributed by atoms with Crippen molar-refractivity contribution in [1.82, 2.24) is 14.5 Å². The van der Waals surface area contributed by atoms with E-state index in [2.05, 4.69) is 142 Å². The molecule has 0 amide bonds. The van der Waals surface area contributed by atoms with Crippen LogP contribution in [0.3, 0.4) is 0 Å². The summed E-state index contributed by atoms with van der Waals surface area (Å²) < 4.78 is 72.1. The minimum absolute atomic E-state index is 0. The predicted molar refractivity (Wildman–Crippen MR) is 306 cm³/mol. The van der Waals surface area contributed by atoms with Gasteiger partial charge in [-0.25, -0.2) is 0 Å². The maximum absolute atomic E-state index is 8.62. The molecule has 1 radical (unpaired) electrons. The smallest absolute Gasteiger partial charge is 0.136 e. The van der Waals surface area contributed by atoms with Crippen molar-refractivity contribution in [2.75, 3.05) is 0 Å². The average Bonchev–Trinajstić information content (AvgIpc) is 4.10. The number of para-hydroxylation sites is 1. The first-order valence-electron chi connectivity index (χ1n) is 28.3. The first kappa shape index (κ1) is 41.6. The summed E-state index contributed by atoms with van der Waals surface area (Å²) in [6.45, 7) is 14.9. The molecule has 0 spiro atoms. The number of rotatable bonds is 8. The molecule has 0 saturated heterocycles. The third kappa shape index (κ3) is 8.96. The Kier molecular flexibility index (Phi) is 11.1. The normalized spacial score (nSPS) is 13.9. The molecule has 367 valence electrons. The molecule has 7 heteroatoms. The van der Waals surface area contributed by atoms with Gasteiger partial charge in [-0.1, -0.05) is 176 Å². The molecule has 12 rings (SSSR count). The topological polar surface area (TPSA) is 57.0 Å². The van der Waals surface area contributed by atoms with E-state index >= 15 is 0 Å². The summed E-state index contributed by atoms with van der Waals surface area (Å²) in [5.41, 5.74) is 13.5. The number of nitrogens with zero attached hydrogens (tertiary/aromatic N) is 3. The van der Waals surface area contributed by atoms with Gasteiger partial charge in [0.15, 0.2) is 0 Å². The number of aromatic nitrogens is 3. The fraction of sp³-hybridized carbons (Fsp3) is 0.212. The van der Waals surface area contributed by atoms with Gasteiger partial charge in [-0.3, -0.25) is 4.98 Å². The Morgan fingerprint density at radius 1 is 0.630 bits per heavy atom. The van der Waals surface area contributed by atoms with Crippen molar-refractivity contribution in [2.24, 2.45) is 0 Å². The van der Waals surface area contributed by atoms with E-state index in [1.807, 2.05) is 68.6 Å². The van der Waals surface area contributed by atoms with Crippen LogP contribution in [0, 0.1) is 25.8 Å².